The molecule has 9 nitrogen and oxygen atoms in total. The molecule has 4 aromatic rings. The number of nitrogens with zero attached hydrogens (tertiary/aromatic N) is 5. The number of anilines is 1. The van der Waals surface area contributed by atoms with E-state index < -0.39 is 11.6 Å². The van der Waals surface area contributed by atoms with Crippen molar-refractivity contribution in [2.24, 2.45) is 12.8 Å². The molecule has 0 bridgehead atoms. The fourth-order valence-corrected chi connectivity index (χ4v) is 4.08. The normalized spacial score (nSPS) is 17.3. The standard InChI is InChI=1S/C19H18F2N6.C5H6N2O/c20-15-5-10(7-22)4-13-14(8-24-17(13)15)18-25-9-16(21)19(27-18)26-12-3-1-2-11(23)6-12;1-7-2-5(3-8)6-4-7/h4-5,8-9,11-12,24H,1-3,6,23H2,(H,25,26,27);2-4H,1H3/t11-,12+;/m1./s1. The Kier molecular flexibility index (Phi) is 7.12. The second kappa shape index (κ2) is 10.4. The van der Waals surface area contributed by atoms with Crippen molar-refractivity contribution >= 4 is 23.0 Å². The molecule has 1 aromatic carbocycles. The third-order valence-corrected chi connectivity index (χ3v) is 5.76. The first-order chi connectivity index (χ1) is 16.9. The summed E-state index contributed by atoms with van der Waals surface area (Å²) >= 11 is 0. The number of carbonyl (C=O) groups is 1. The number of aromatic nitrogens is 5. The molecule has 0 saturated heterocycles. The number of halogens is 2. The Hall–Kier alpha value is -4.17. The summed E-state index contributed by atoms with van der Waals surface area (Å²) in [6, 6.07) is 4.80. The van der Waals surface area contributed by atoms with Crippen LogP contribution in [0.2, 0.25) is 0 Å². The highest BCUT2D eigenvalue weighted by molar-refractivity contribution is 5.95. The molecule has 1 saturated carbocycles. The fourth-order valence-electron chi connectivity index (χ4n) is 4.08. The number of aryl methyl sites for hydroxylation is 1. The van der Waals surface area contributed by atoms with Gasteiger partial charge in [-0.05, 0) is 37.8 Å². The molecule has 0 unspecified atom stereocenters. The highest BCUT2D eigenvalue weighted by atomic mass is 19.1. The topological polar surface area (TPSA) is 138 Å². The molecule has 3 heterocycles. The van der Waals surface area contributed by atoms with E-state index >= 15 is 0 Å². The first-order valence-electron chi connectivity index (χ1n) is 11.1. The van der Waals surface area contributed by atoms with Gasteiger partial charge < -0.3 is 20.6 Å². The number of aldehydes is 1. The Morgan fingerprint density at radius 2 is 2.11 bits per heavy atom. The Morgan fingerprint density at radius 3 is 2.77 bits per heavy atom. The maximum absolute atomic E-state index is 14.2. The van der Waals surface area contributed by atoms with Gasteiger partial charge in [0, 0.05) is 42.5 Å². The number of imidazole rings is 1. The second-order valence-corrected chi connectivity index (χ2v) is 8.43. The van der Waals surface area contributed by atoms with Crippen molar-refractivity contribution in [1.82, 2.24) is 24.5 Å². The summed E-state index contributed by atoms with van der Waals surface area (Å²) < 4.78 is 30.1. The largest absolute Gasteiger partial charge is 0.365 e. The van der Waals surface area contributed by atoms with Crippen LogP contribution in [0.15, 0.2) is 37.1 Å². The smallest absolute Gasteiger partial charge is 0.183 e. The maximum Gasteiger partial charge on any atom is 0.183 e. The van der Waals surface area contributed by atoms with E-state index in [1.165, 1.54) is 0 Å². The van der Waals surface area contributed by atoms with E-state index in [-0.39, 0.29) is 34.8 Å². The average molecular weight is 479 g/mol. The first-order valence-corrected chi connectivity index (χ1v) is 11.1. The summed E-state index contributed by atoms with van der Waals surface area (Å²) in [5.41, 5.74) is 7.42. The summed E-state index contributed by atoms with van der Waals surface area (Å²) in [4.78, 5) is 24.9. The molecule has 1 aliphatic carbocycles. The van der Waals surface area contributed by atoms with Gasteiger partial charge in [-0.25, -0.2) is 23.7 Å². The van der Waals surface area contributed by atoms with Crippen LogP contribution in [0.3, 0.4) is 0 Å². The predicted octanol–water partition coefficient (Wildman–Crippen LogP) is 3.69. The van der Waals surface area contributed by atoms with Crippen molar-refractivity contribution in [2.75, 3.05) is 5.32 Å². The van der Waals surface area contributed by atoms with Gasteiger partial charge in [-0.1, -0.05) is 0 Å². The highest BCUT2D eigenvalue weighted by Gasteiger charge is 2.21. The van der Waals surface area contributed by atoms with Gasteiger partial charge in [0.25, 0.3) is 0 Å². The fraction of sp³-hybridized carbons (Fsp3) is 0.292. The van der Waals surface area contributed by atoms with Gasteiger partial charge in [0.2, 0.25) is 0 Å². The number of rotatable bonds is 4. The van der Waals surface area contributed by atoms with Crippen LogP contribution in [0.4, 0.5) is 14.6 Å². The average Bonchev–Trinajstić information content (AvgIpc) is 3.47. The number of hydrogen-bond donors (Lipinski definition) is 3. The third kappa shape index (κ3) is 5.50. The number of carbonyl (C=O) groups excluding carboxylic acids is 1. The van der Waals surface area contributed by atoms with Gasteiger partial charge in [0.1, 0.15) is 11.5 Å². The van der Waals surface area contributed by atoms with Gasteiger partial charge in [-0.2, -0.15) is 5.26 Å². The number of nitrogens with one attached hydrogen (secondary N) is 2. The zero-order chi connectivity index (χ0) is 24.9. The molecule has 1 aliphatic rings. The number of aromatic amines is 1. The van der Waals surface area contributed by atoms with E-state index in [9.17, 15) is 13.6 Å². The minimum atomic E-state index is -0.554. The van der Waals surface area contributed by atoms with E-state index in [1.54, 1.807) is 29.4 Å². The molecule has 5 rings (SSSR count). The zero-order valence-corrected chi connectivity index (χ0v) is 19.0. The molecule has 180 valence electrons. The summed E-state index contributed by atoms with van der Waals surface area (Å²) in [6.45, 7) is 0. The van der Waals surface area contributed by atoms with Crippen molar-refractivity contribution in [3.8, 4) is 17.5 Å². The van der Waals surface area contributed by atoms with E-state index in [0.717, 1.165) is 44.2 Å². The van der Waals surface area contributed by atoms with Crippen molar-refractivity contribution in [3.63, 3.8) is 0 Å². The number of nitrogens with two attached hydrogens (primary N) is 1. The molecule has 0 radical (unpaired) electrons. The lowest BCUT2D eigenvalue weighted by Gasteiger charge is -2.27. The monoisotopic (exact) mass is 478 g/mol. The molecule has 0 spiro atoms. The molecular formula is C24H24F2N8O. The molecule has 11 heteroatoms. The molecule has 3 aromatic heterocycles. The third-order valence-electron chi connectivity index (χ3n) is 5.76. The van der Waals surface area contributed by atoms with Gasteiger partial charge in [-0.15, -0.1) is 0 Å². The van der Waals surface area contributed by atoms with Gasteiger partial charge in [0.05, 0.1) is 29.7 Å². The molecule has 0 aliphatic heterocycles. The van der Waals surface area contributed by atoms with E-state index in [2.05, 4.69) is 25.3 Å². The van der Waals surface area contributed by atoms with Crippen LogP contribution in [0.1, 0.15) is 41.7 Å². The quantitative estimate of drug-likeness (QED) is 0.380. The molecule has 2 atom stereocenters. The van der Waals surface area contributed by atoms with Crippen LogP contribution >= 0.6 is 0 Å². The number of benzene rings is 1. The lowest BCUT2D eigenvalue weighted by Crippen LogP contribution is -2.35. The Bertz CT molecular complexity index is 1390. The Balaban J connectivity index is 0.000000308. The molecule has 4 N–H and O–H groups in total. The summed E-state index contributed by atoms with van der Waals surface area (Å²) in [5, 5.41) is 12.7. The van der Waals surface area contributed by atoms with Crippen LogP contribution < -0.4 is 11.1 Å². The summed E-state index contributed by atoms with van der Waals surface area (Å²) in [5.74, 6) is -0.737. The van der Waals surface area contributed by atoms with Gasteiger partial charge in [-0.3, -0.25) is 4.79 Å². The van der Waals surface area contributed by atoms with Crippen molar-refractivity contribution in [1.29, 1.82) is 5.26 Å². The molecule has 1 fully saturated rings. The van der Waals surface area contributed by atoms with Crippen LogP contribution in [0.25, 0.3) is 22.3 Å². The number of fused-ring (bicyclic) bond motifs is 1. The molecule has 0 amide bonds. The predicted molar refractivity (Wildman–Crippen MR) is 126 cm³/mol. The number of hydrogen-bond acceptors (Lipinski definition) is 7. The van der Waals surface area contributed by atoms with E-state index in [1.807, 2.05) is 13.1 Å². The van der Waals surface area contributed by atoms with E-state index in [0.29, 0.717) is 16.6 Å². The number of nitriles is 1. The zero-order valence-electron chi connectivity index (χ0n) is 19.0. The van der Waals surface area contributed by atoms with Crippen LogP contribution in [-0.2, 0) is 7.05 Å². The van der Waals surface area contributed by atoms with Crippen LogP contribution in [-0.4, -0.2) is 42.9 Å². The number of H-pyrrole nitrogens is 1. The van der Waals surface area contributed by atoms with Crippen molar-refractivity contribution < 1.29 is 13.6 Å². The van der Waals surface area contributed by atoms with Crippen molar-refractivity contribution in [3.05, 3.63) is 59.9 Å². The van der Waals surface area contributed by atoms with Crippen LogP contribution in [0, 0.1) is 23.0 Å². The first kappa shape index (κ1) is 24.0. The Morgan fingerprint density at radius 1 is 1.29 bits per heavy atom. The van der Waals surface area contributed by atoms with Gasteiger partial charge >= 0.3 is 0 Å². The van der Waals surface area contributed by atoms with Gasteiger partial charge in [0.15, 0.2) is 23.7 Å². The Labute approximate surface area is 200 Å². The second-order valence-electron chi connectivity index (χ2n) is 8.43. The molecule has 35 heavy (non-hydrogen) atoms. The van der Waals surface area contributed by atoms with Crippen LogP contribution in [0.5, 0.6) is 0 Å². The van der Waals surface area contributed by atoms with E-state index in [4.69, 9.17) is 11.0 Å². The summed E-state index contributed by atoms with van der Waals surface area (Å²) in [6.07, 6.45) is 10.2. The van der Waals surface area contributed by atoms with Crippen molar-refractivity contribution in [2.45, 2.75) is 37.8 Å². The lowest BCUT2D eigenvalue weighted by atomic mass is 9.92. The lowest BCUT2D eigenvalue weighted by molar-refractivity contribution is 0.111. The summed E-state index contributed by atoms with van der Waals surface area (Å²) in [7, 11) is 1.82. The minimum Gasteiger partial charge on any atom is -0.365 e. The highest BCUT2D eigenvalue weighted by Crippen LogP contribution is 2.30. The maximum atomic E-state index is 14.2. The minimum absolute atomic E-state index is 0.0524. The molecular weight excluding hydrogens is 454 g/mol. The SMILES string of the molecule is Cn1cnc(C=O)c1.N#Cc1cc(F)c2[nH]cc(-c3ncc(F)c(N[C@H]4CCC[C@@H](N)C4)n3)c2c1.